The summed E-state index contributed by atoms with van der Waals surface area (Å²) in [6, 6.07) is 0. The molecule has 2 atom stereocenters. The number of hydrogen-bond acceptors (Lipinski definition) is 0. The van der Waals surface area contributed by atoms with Crippen molar-refractivity contribution >= 4 is 0 Å². The summed E-state index contributed by atoms with van der Waals surface area (Å²) in [7, 11) is 0. The molecular formula is C9H16. The molecule has 0 radical (unpaired) electrons. The Kier molecular flexibility index (Phi) is 1.94. The van der Waals surface area contributed by atoms with Crippen LogP contribution in [-0.4, -0.2) is 0 Å². The van der Waals surface area contributed by atoms with Crippen LogP contribution < -0.4 is 0 Å². The van der Waals surface area contributed by atoms with Gasteiger partial charge in [0, 0.05) is 0 Å². The van der Waals surface area contributed by atoms with Crippen LogP contribution in [0.1, 0.15) is 27.2 Å². The maximum Gasteiger partial charge on any atom is -0.0228 e. The van der Waals surface area contributed by atoms with E-state index in [-0.39, 0.29) is 0 Å². The minimum absolute atomic E-state index is 0.824. The summed E-state index contributed by atoms with van der Waals surface area (Å²) in [5, 5.41) is 0. The highest BCUT2D eigenvalue weighted by molar-refractivity contribution is 4.99. The third-order valence-corrected chi connectivity index (χ3v) is 2.38. The molecule has 0 aromatic carbocycles. The molecule has 0 amide bonds. The molecule has 1 rings (SSSR count). The van der Waals surface area contributed by atoms with Crippen LogP contribution in [0, 0.1) is 17.8 Å². The normalized spacial score (nSPS) is 34.2. The molecule has 0 aliphatic heterocycles. The molecule has 0 spiro atoms. The average molecular weight is 124 g/mol. The van der Waals surface area contributed by atoms with Gasteiger partial charge in [-0.3, -0.25) is 0 Å². The van der Waals surface area contributed by atoms with Crippen LogP contribution in [0.3, 0.4) is 0 Å². The van der Waals surface area contributed by atoms with Crippen molar-refractivity contribution in [1.29, 1.82) is 0 Å². The maximum absolute atomic E-state index is 2.34. The standard InChI is InChI=1S/C9H16/c1-7(2)9-6-4-5-8(9)3/h4-5,7-9H,6H2,1-3H3/t8?,9-/m0/s1. The van der Waals surface area contributed by atoms with Crippen molar-refractivity contribution in [3.63, 3.8) is 0 Å². The lowest BCUT2D eigenvalue weighted by Crippen LogP contribution is -2.11. The minimum Gasteiger partial charge on any atom is -0.0880 e. The molecule has 1 aliphatic carbocycles. The van der Waals surface area contributed by atoms with E-state index in [4.69, 9.17) is 0 Å². The monoisotopic (exact) mass is 124 g/mol. The van der Waals surface area contributed by atoms with Crippen LogP contribution >= 0.6 is 0 Å². The Bertz CT molecular complexity index is 111. The molecule has 1 unspecified atom stereocenters. The van der Waals surface area contributed by atoms with Gasteiger partial charge in [0.15, 0.2) is 0 Å². The first-order valence-electron chi connectivity index (χ1n) is 3.88. The smallest absolute Gasteiger partial charge is 0.0228 e. The lowest BCUT2D eigenvalue weighted by Gasteiger charge is -2.18. The second kappa shape index (κ2) is 2.55. The Morgan fingerprint density at radius 2 is 2.11 bits per heavy atom. The zero-order valence-electron chi connectivity index (χ0n) is 6.59. The molecule has 0 fully saturated rings. The highest BCUT2D eigenvalue weighted by Gasteiger charge is 2.20. The Labute approximate surface area is 58.0 Å². The largest absolute Gasteiger partial charge is 0.0880 e. The van der Waals surface area contributed by atoms with Gasteiger partial charge in [0.25, 0.3) is 0 Å². The lowest BCUT2D eigenvalue weighted by molar-refractivity contribution is 0.335. The number of hydrogen-bond donors (Lipinski definition) is 0. The van der Waals surface area contributed by atoms with Gasteiger partial charge >= 0.3 is 0 Å². The second-order valence-electron chi connectivity index (χ2n) is 3.43. The molecule has 0 bridgehead atoms. The predicted molar refractivity (Wildman–Crippen MR) is 41.2 cm³/mol. The lowest BCUT2D eigenvalue weighted by atomic mass is 9.87. The number of allylic oxidation sites excluding steroid dienone is 2. The molecule has 0 heteroatoms. The van der Waals surface area contributed by atoms with E-state index in [9.17, 15) is 0 Å². The topological polar surface area (TPSA) is 0 Å². The van der Waals surface area contributed by atoms with E-state index in [2.05, 4.69) is 32.9 Å². The summed E-state index contributed by atoms with van der Waals surface area (Å²) >= 11 is 0. The van der Waals surface area contributed by atoms with E-state index in [1.54, 1.807) is 0 Å². The van der Waals surface area contributed by atoms with Gasteiger partial charge in [-0.2, -0.15) is 0 Å². The predicted octanol–water partition coefficient (Wildman–Crippen LogP) is 2.85. The fourth-order valence-corrected chi connectivity index (χ4v) is 1.69. The molecule has 0 nitrogen and oxygen atoms in total. The third-order valence-electron chi connectivity index (χ3n) is 2.38. The maximum atomic E-state index is 2.34. The van der Waals surface area contributed by atoms with Crippen molar-refractivity contribution < 1.29 is 0 Å². The van der Waals surface area contributed by atoms with Crippen LogP contribution in [0.15, 0.2) is 12.2 Å². The van der Waals surface area contributed by atoms with Crippen molar-refractivity contribution in [2.45, 2.75) is 27.2 Å². The van der Waals surface area contributed by atoms with E-state index < -0.39 is 0 Å². The van der Waals surface area contributed by atoms with E-state index >= 15 is 0 Å². The molecule has 0 aromatic rings. The second-order valence-corrected chi connectivity index (χ2v) is 3.43. The van der Waals surface area contributed by atoms with Gasteiger partial charge in [-0.1, -0.05) is 32.9 Å². The summed E-state index contributed by atoms with van der Waals surface area (Å²) in [4.78, 5) is 0. The summed E-state index contributed by atoms with van der Waals surface area (Å²) in [6.07, 6.45) is 5.96. The zero-order valence-corrected chi connectivity index (χ0v) is 6.59. The van der Waals surface area contributed by atoms with Crippen molar-refractivity contribution in [2.24, 2.45) is 17.8 Å². The molecule has 0 N–H and O–H groups in total. The summed E-state index contributed by atoms with van der Waals surface area (Å²) < 4.78 is 0. The van der Waals surface area contributed by atoms with Crippen molar-refractivity contribution in [3.05, 3.63) is 12.2 Å². The minimum atomic E-state index is 0.824. The molecule has 9 heavy (non-hydrogen) atoms. The van der Waals surface area contributed by atoms with E-state index in [0.717, 1.165) is 17.8 Å². The van der Waals surface area contributed by atoms with Crippen LogP contribution in [0.4, 0.5) is 0 Å². The Hall–Kier alpha value is -0.260. The SMILES string of the molecule is CC(C)[C@@H]1CC=CC1C. The highest BCUT2D eigenvalue weighted by Crippen LogP contribution is 2.30. The Morgan fingerprint density at radius 3 is 2.33 bits per heavy atom. The summed E-state index contributed by atoms with van der Waals surface area (Å²) in [5.41, 5.74) is 0. The molecular weight excluding hydrogens is 108 g/mol. The molecule has 1 aliphatic rings. The first-order chi connectivity index (χ1) is 4.22. The van der Waals surface area contributed by atoms with E-state index in [1.807, 2.05) is 0 Å². The number of rotatable bonds is 1. The highest BCUT2D eigenvalue weighted by atomic mass is 14.3. The van der Waals surface area contributed by atoms with Gasteiger partial charge in [0.1, 0.15) is 0 Å². The van der Waals surface area contributed by atoms with Gasteiger partial charge < -0.3 is 0 Å². The fraction of sp³-hybridized carbons (Fsp3) is 0.778. The molecule has 0 heterocycles. The molecule has 0 aromatic heterocycles. The van der Waals surface area contributed by atoms with E-state index in [0.29, 0.717) is 0 Å². The van der Waals surface area contributed by atoms with Gasteiger partial charge in [0.05, 0.1) is 0 Å². The van der Waals surface area contributed by atoms with E-state index in [1.165, 1.54) is 6.42 Å². The third kappa shape index (κ3) is 1.35. The van der Waals surface area contributed by atoms with Crippen LogP contribution in [-0.2, 0) is 0 Å². The fourth-order valence-electron chi connectivity index (χ4n) is 1.69. The quantitative estimate of drug-likeness (QED) is 0.471. The first-order valence-corrected chi connectivity index (χ1v) is 3.88. The van der Waals surface area contributed by atoms with Crippen LogP contribution in [0.25, 0.3) is 0 Å². The Balaban J connectivity index is 2.45. The van der Waals surface area contributed by atoms with Gasteiger partial charge in [-0.15, -0.1) is 0 Å². The van der Waals surface area contributed by atoms with Crippen molar-refractivity contribution in [1.82, 2.24) is 0 Å². The van der Waals surface area contributed by atoms with Gasteiger partial charge in [-0.25, -0.2) is 0 Å². The summed E-state index contributed by atoms with van der Waals surface area (Å²) in [5.74, 6) is 2.60. The summed E-state index contributed by atoms with van der Waals surface area (Å²) in [6.45, 7) is 6.94. The molecule has 52 valence electrons. The van der Waals surface area contributed by atoms with Gasteiger partial charge in [0.2, 0.25) is 0 Å². The van der Waals surface area contributed by atoms with Gasteiger partial charge in [-0.05, 0) is 24.2 Å². The van der Waals surface area contributed by atoms with Crippen molar-refractivity contribution in [2.75, 3.05) is 0 Å². The van der Waals surface area contributed by atoms with Crippen molar-refractivity contribution in [3.8, 4) is 0 Å². The van der Waals surface area contributed by atoms with Crippen LogP contribution in [0.2, 0.25) is 0 Å². The van der Waals surface area contributed by atoms with Crippen LogP contribution in [0.5, 0.6) is 0 Å². The first kappa shape index (κ1) is 6.85. The zero-order chi connectivity index (χ0) is 6.85. The molecule has 0 saturated carbocycles. The average Bonchev–Trinajstić information content (AvgIpc) is 2.13. The molecule has 0 saturated heterocycles. The Morgan fingerprint density at radius 1 is 1.44 bits per heavy atom.